The number of carbonyl (C=O) groups is 2. The molecule has 3 atom stereocenters. The lowest BCUT2D eigenvalue weighted by atomic mass is 9.94. The second kappa shape index (κ2) is 9.79. The standard InChI is InChI=1S/C19H34N4O2.ClH/c1-14(2)11-20-19(25)23-8-3-4-15(12-23)10-18(24)22-9-7-16-5-6-17(13-22)21-16;/h14-17,21H,3-13H2,1-2H3,(H,20,25);1H. The van der Waals surface area contributed by atoms with Crippen molar-refractivity contribution in [1.29, 1.82) is 0 Å². The second-order valence-electron chi connectivity index (χ2n) is 8.50. The molecule has 0 spiro atoms. The van der Waals surface area contributed by atoms with Gasteiger partial charge in [0, 0.05) is 51.2 Å². The first-order chi connectivity index (χ1) is 12.0. The second-order valence-corrected chi connectivity index (χ2v) is 8.50. The van der Waals surface area contributed by atoms with E-state index in [0.29, 0.717) is 43.4 Å². The van der Waals surface area contributed by atoms with E-state index in [9.17, 15) is 9.59 Å². The van der Waals surface area contributed by atoms with Crippen LogP contribution in [0.1, 0.15) is 52.4 Å². The quantitative estimate of drug-likeness (QED) is 0.778. The first kappa shape index (κ1) is 21.3. The van der Waals surface area contributed by atoms with E-state index in [0.717, 1.165) is 38.9 Å². The monoisotopic (exact) mass is 386 g/mol. The third kappa shape index (κ3) is 5.74. The van der Waals surface area contributed by atoms with Crippen molar-refractivity contribution in [3.8, 4) is 0 Å². The lowest BCUT2D eigenvalue weighted by Gasteiger charge is -2.34. The molecule has 0 aromatic rings. The number of amides is 3. The predicted molar refractivity (Wildman–Crippen MR) is 106 cm³/mol. The fourth-order valence-electron chi connectivity index (χ4n) is 4.36. The number of likely N-dealkylation sites (tertiary alicyclic amines) is 2. The van der Waals surface area contributed by atoms with Gasteiger partial charge in [-0.15, -0.1) is 12.4 Å². The molecule has 3 saturated heterocycles. The molecule has 3 unspecified atom stereocenters. The smallest absolute Gasteiger partial charge is 0.317 e. The minimum Gasteiger partial charge on any atom is -0.341 e. The average molecular weight is 387 g/mol. The fraction of sp³-hybridized carbons (Fsp3) is 0.895. The SMILES string of the molecule is CC(C)CNC(=O)N1CCCC(CC(=O)N2CCC3CCC(C2)N3)C1.Cl. The molecular weight excluding hydrogens is 352 g/mol. The number of halogens is 1. The molecule has 3 aliphatic heterocycles. The lowest BCUT2D eigenvalue weighted by Crippen LogP contribution is -2.47. The summed E-state index contributed by atoms with van der Waals surface area (Å²) in [7, 11) is 0. The highest BCUT2D eigenvalue weighted by molar-refractivity contribution is 5.85. The average Bonchev–Trinajstić information content (AvgIpc) is 2.91. The number of nitrogens with zero attached hydrogens (tertiary/aromatic N) is 2. The summed E-state index contributed by atoms with van der Waals surface area (Å²) in [5.41, 5.74) is 0. The number of rotatable bonds is 4. The van der Waals surface area contributed by atoms with Crippen LogP contribution in [0.2, 0.25) is 0 Å². The van der Waals surface area contributed by atoms with E-state index >= 15 is 0 Å². The van der Waals surface area contributed by atoms with Crippen LogP contribution >= 0.6 is 12.4 Å². The Kier molecular flexibility index (Phi) is 8.02. The minimum atomic E-state index is 0. The van der Waals surface area contributed by atoms with Crippen molar-refractivity contribution in [2.75, 3.05) is 32.7 Å². The number of fused-ring (bicyclic) bond motifs is 2. The topological polar surface area (TPSA) is 64.7 Å². The van der Waals surface area contributed by atoms with E-state index in [-0.39, 0.29) is 24.3 Å². The largest absolute Gasteiger partial charge is 0.341 e. The highest BCUT2D eigenvalue weighted by Crippen LogP contribution is 2.24. The van der Waals surface area contributed by atoms with Gasteiger partial charge in [0.15, 0.2) is 0 Å². The van der Waals surface area contributed by atoms with E-state index < -0.39 is 0 Å². The van der Waals surface area contributed by atoms with Crippen LogP contribution in [-0.4, -0.2) is 66.5 Å². The van der Waals surface area contributed by atoms with Gasteiger partial charge in [-0.2, -0.15) is 0 Å². The van der Waals surface area contributed by atoms with Crippen molar-refractivity contribution in [1.82, 2.24) is 20.4 Å². The minimum absolute atomic E-state index is 0. The zero-order valence-electron chi connectivity index (χ0n) is 16.2. The molecule has 0 aliphatic carbocycles. The summed E-state index contributed by atoms with van der Waals surface area (Å²) in [6, 6.07) is 1.13. The Bertz CT molecular complexity index is 488. The summed E-state index contributed by atoms with van der Waals surface area (Å²) in [6.45, 7) is 8.18. The first-order valence-electron chi connectivity index (χ1n) is 10.1. The zero-order chi connectivity index (χ0) is 17.8. The van der Waals surface area contributed by atoms with Gasteiger partial charge < -0.3 is 20.4 Å². The van der Waals surface area contributed by atoms with Crippen LogP contribution in [0.15, 0.2) is 0 Å². The molecule has 3 heterocycles. The molecule has 150 valence electrons. The van der Waals surface area contributed by atoms with Crippen molar-refractivity contribution >= 4 is 24.3 Å². The number of hydrogen-bond acceptors (Lipinski definition) is 3. The van der Waals surface area contributed by atoms with Gasteiger partial charge in [-0.3, -0.25) is 4.79 Å². The van der Waals surface area contributed by atoms with Crippen LogP contribution in [0, 0.1) is 11.8 Å². The molecule has 2 N–H and O–H groups in total. The van der Waals surface area contributed by atoms with Crippen LogP contribution in [-0.2, 0) is 4.79 Å². The first-order valence-corrected chi connectivity index (χ1v) is 10.1. The Morgan fingerprint density at radius 2 is 1.81 bits per heavy atom. The Hall–Kier alpha value is -1.01. The Balaban J connectivity index is 0.00000243. The van der Waals surface area contributed by atoms with E-state index in [1.54, 1.807) is 0 Å². The maximum Gasteiger partial charge on any atom is 0.317 e. The summed E-state index contributed by atoms with van der Waals surface area (Å²) in [6.07, 6.45) is 6.18. The van der Waals surface area contributed by atoms with Crippen LogP contribution in [0.4, 0.5) is 4.79 Å². The van der Waals surface area contributed by atoms with E-state index in [1.165, 1.54) is 12.8 Å². The molecule has 3 aliphatic rings. The van der Waals surface area contributed by atoms with Crippen molar-refractivity contribution in [2.45, 2.75) is 64.5 Å². The predicted octanol–water partition coefficient (Wildman–Crippen LogP) is 2.23. The summed E-state index contributed by atoms with van der Waals surface area (Å²) >= 11 is 0. The van der Waals surface area contributed by atoms with Gasteiger partial charge >= 0.3 is 6.03 Å². The maximum atomic E-state index is 12.8. The van der Waals surface area contributed by atoms with Gasteiger partial charge in [0.25, 0.3) is 0 Å². The summed E-state index contributed by atoms with van der Waals surface area (Å²) in [5.74, 6) is 1.04. The molecule has 26 heavy (non-hydrogen) atoms. The van der Waals surface area contributed by atoms with E-state index in [4.69, 9.17) is 0 Å². The van der Waals surface area contributed by atoms with Crippen LogP contribution in [0.25, 0.3) is 0 Å². The van der Waals surface area contributed by atoms with E-state index in [2.05, 4.69) is 29.4 Å². The molecule has 3 fully saturated rings. The summed E-state index contributed by atoms with van der Waals surface area (Å²) in [5, 5.41) is 6.63. The van der Waals surface area contributed by atoms with Crippen LogP contribution in [0.3, 0.4) is 0 Å². The number of urea groups is 1. The van der Waals surface area contributed by atoms with Crippen molar-refractivity contribution in [2.24, 2.45) is 11.8 Å². The highest BCUT2D eigenvalue weighted by atomic mass is 35.5. The normalized spacial score (nSPS) is 28.5. The molecule has 0 radical (unpaired) electrons. The molecule has 3 rings (SSSR count). The zero-order valence-corrected chi connectivity index (χ0v) is 17.0. The van der Waals surface area contributed by atoms with Gasteiger partial charge in [0.1, 0.15) is 0 Å². The van der Waals surface area contributed by atoms with Gasteiger partial charge in [-0.05, 0) is 43.9 Å². The summed E-state index contributed by atoms with van der Waals surface area (Å²) in [4.78, 5) is 29.0. The third-order valence-corrected chi connectivity index (χ3v) is 5.81. The molecule has 0 aromatic heterocycles. The number of hydrogen-bond donors (Lipinski definition) is 2. The third-order valence-electron chi connectivity index (χ3n) is 5.81. The molecule has 7 heteroatoms. The summed E-state index contributed by atoms with van der Waals surface area (Å²) < 4.78 is 0. The number of piperidine rings is 1. The molecule has 0 saturated carbocycles. The fourth-order valence-corrected chi connectivity index (χ4v) is 4.36. The Labute approximate surface area is 163 Å². The van der Waals surface area contributed by atoms with E-state index in [1.807, 2.05) is 4.90 Å². The Morgan fingerprint density at radius 3 is 2.58 bits per heavy atom. The van der Waals surface area contributed by atoms with Gasteiger partial charge in [-0.1, -0.05) is 13.8 Å². The Morgan fingerprint density at radius 1 is 1.04 bits per heavy atom. The van der Waals surface area contributed by atoms with Crippen molar-refractivity contribution in [3.63, 3.8) is 0 Å². The maximum absolute atomic E-state index is 12.8. The van der Waals surface area contributed by atoms with Gasteiger partial charge in [-0.25, -0.2) is 4.79 Å². The molecule has 2 bridgehead atoms. The van der Waals surface area contributed by atoms with Gasteiger partial charge in [0.2, 0.25) is 5.91 Å². The van der Waals surface area contributed by atoms with Crippen molar-refractivity contribution < 1.29 is 9.59 Å². The van der Waals surface area contributed by atoms with Gasteiger partial charge in [0.05, 0.1) is 0 Å². The highest BCUT2D eigenvalue weighted by Gasteiger charge is 2.32. The molecule has 3 amide bonds. The lowest BCUT2D eigenvalue weighted by molar-refractivity contribution is -0.132. The molecular formula is C19H35ClN4O2. The van der Waals surface area contributed by atoms with Crippen molar-refractivity contribution in [3.05, 3.63) is 0 Å². The number of carbonyl (C=O) groups excluding carboxylic acids is 2. The molecule has 0 aromatic carbocycles. The van der Waals surface area contributed by atoms with Crippen LogP contribution < -0.4 is 10.6 Å². The molecule has 6 nitrogen and oxygen atoms in total. The van der Waals surface area contributed by atoms with Crippen LogP contribution in [0.5, 0.6) is 0 Å². The number of nitrogens with one attached hydrogen (secondary N) is 2.